The Labute approximate surface area is 91.2 Å². The Morgan fingerprint density at radius 1 is 1.50 bits per heavy atom. The van der Waals surface area contributed by atoms with Gasteiger partial charge in [-0.05, 0) is 13.8 Å². The second-order valence-corrected chi connectivity index (χ2v) is 3.14. The highest BCUT2D eigenvalue weighted by Crippen LogP contribution is 2.16. The maximum atomic E-state index is 11.3. The molecule has 16 heavy (non-hydrogen) atoms. The molecule has 0 aliphatic heterocycles. The Hall–Kier alpha value is -2.18. The predicted molar refractivity (Wildman–Crippen MR) is 54.7 cm³/mol. The minimum atomic E-state index is -0.512. The Kier molecular flexibility index (Phi) is 2.67. The highest BCUT2D eigenvalue weighted by molar-refractivity contribution is 5.85. The third-order valence-corrected chi connectivity index (χ3v) is 2.03. The lowest BCUT2D eigenvalue weighted by Gasteiger charge is -1.95. The van der Waals surface area contributed by atoms with Crippen molar-refractivity contribution in [3.63, 3.8) is 0 Å². The van der Waals surface area contributed by atoms with Crippen molar-refractivity contribution in [2.75, 3.05) is 6.61 Å². The van der Waals surface area contributed by atoms with Crippen molar-refractivity contribution in [1.29, 1.82) is 0 Å². The average Bonchev–Trinajstić information content (AvgIpc) is 2.86. The molecule has 7 heteroatoms. The van der Waals surface area contributed by atoms with Crippen LogP contribution >= 0.6 is 0 Å². The number of carbonyl (C=O) groups excluding carboxylic acids is 1. The van der Waals surface area contributed by atoms with Crippen molar-refractivity contribution in [1.82, 2.24) is 25.4 Å². The minimum absolute atomic E-state index is 0.0949. The van der Waals surface area contributed by atoms with Crippen LogP contribution in [0.2, 0.25) is 0 Å². The molecule has 0 fully saturated rings. The molecular weight excluding hydrogens is 210 g/mol. The predicted octanol–water partition coefficient (Wildman–Crippen LogP) is 0.680. The first-order valence-electron chi connectivity index (χ1n) is 4.82. The molecule has 2 aromatic rings. The van der Waals surface area contributed by atoms with Gasteiger partial charge in [0.1, 0.15) is 0 Å². The zero-order valence-electron chi connectivity index (χ0n) is 8.94. The standard InChI is InChI=1S/C9H11N5O2/c1-3-16-9(15)8-11-7(13-14-8)6-4-10-12-5(6)2/h4H,3H2,1-2H3,(H,10,12)(H,11,13,14). The van der Waals surface area contributed by atoms with Gasteiger partial charge in [0.2, 0.25) is 5.82 Å². The van der Waals surface area contributed by atoms with Crippen LogP contribution in [0.3, 0.4) is 0 Å². The Balaban J connectivity index is 2.26. The van der Waals surface area contributed by atoms with Gasteiger partial charge in [0.25, 0.3) is 0 Å². The van der Waals surface area contributed by atoms with E-state index in [0.29, 0.717) is 12.4 Å². The Morgan fingerprint density at radius 2 is 2.31 bits per heavy atom. The molecule has 0 spiro atoms. The first-order chi connectivity index (χ1) is 7.72. The van der Waals surface area contributed by atoms with Crippen LogP contribution < -0.4 is 0 Å². The maximum Gasteiger partial charge on any atom is 0.375 e. The fraction of sp³-hybridized carbons (Fsp3) is 0.333. The number of carbonyl (C=O) groups is 1. The number of hydrogen-bond donors (Lipinski definition) is 2. The third kappa shape index (κ3) is 1.79. The van der Waals surface area contributed by atoms with Gasteiger partial charge in [0, 0.05) is 5.69 Å². The fourth-order valence-electron chi connectivity index (χ4n) is 1.25. The zero-order valence-corrected chi connectivity index (χ0v) is 8.94. The molecule has 84 valence electrons. The van der Waals surface area contributed by atoms with Crippen molar-refractivity contribution in [2.45, 2.75) is 13.8 Å². The van der Waals surface area contributed by atoms with Crippen molar-refractivity contribution in [3.8, 4) is 11.4 Å². The lowest BCUT2D eigenvalue weighted by molar-refractivity contribution is 0.0512. The average molecular weight is 221 g/mol. The number of nitrogens with one attached hydrogen (secondary N) is 2. The molecule has 0 bridgehead atoms. The van der Waals surface area contributed by atoms with Crippen molar-refractivity contribution >= 4 is 5.97 Å². The molecular formula is C9H11N5O2. The van der Waals surface area contributed by atoms with Gasteiger partial charge in [-0.3, -0.25) is 10.2 Å². The van der Waals surface area contributed by atoms with E-state index in [1.54, 1.807) is 13.1 Å². The van der Waals surface area contributed by atoms with Gasteiger partial charge in [-0.2, -0.15) is 10.2 Å². The van der Waals surface area contributed by atoms with E-state index in [1.165, 1.54) is 0 Å². The number of ether oxygens (including phenoxy) is 1. The van der Waals surface area contributed by atoms with Crippen LogP contribution in [-0.2, 0) is 4.74 Å². The van der Waals surface area contributed by atoms with Gasteiger partial charge in [-0.1, -0.05) is 0 Å². The van der Waals surface area contributed by atoms with Gasteiger partial charge in [0.05, 0.1) is 18.4 Å². The van der Waals surface area contributed by atoms with E-state index in [-0.39, 0.29) is 5.82 Å². The molecule has 0 amide bonds. The highest BCUT2D eigenvalue weighted by Gasteiger charge is 2.15. The summed E-state index contributed by atoms with van der Waals surface area (Å²) in [4.78, 5) is 15.4. The van der Waals surface area contributed by atoms with E-state index in [4.69, 9.17) is 4.74 Å². The quantitative estimate of drug-likeness (QED) is 0.743. The lowest BCUT2D eigenvalue weighted by Crippen LogP contribution is -2.06. The molecule has 0 saturated carbocycles. The molecule has 0 unspecified atom stereocenters. The smallest absolute Gasteiger partial charge is 0.375 e. The lowest BCUT2D eigenvalue weighted by atomic mass is 10.2. The molecule has 7 nitrogen and oxygen atoms in total. The summed E-state index contributed by atoms with van der Waals surface area (Å²) >= 11 is 0. The van der Waals surface area contributed by atoms with Crippen molar-refractivity contribution < 1.29 is 9.53 Å². The third-order valence-electron chi connectivity index (χ3n) is 2.03. The zero-order chi connectivity index (χ0) is 11.5. The first-order valence-corrected chi connectivity index (χ1v) is 4.82. The largest absolute Gasteiger partial charge is 0.460 e. The molecule has 2 heterocycles. The van der Waals surface area contributed by atoms with Gasteiger partial charge >= 0.3 is 5.97 Å². The second-order valence-electron chi connectivity index (χ2n) is 3.14. The topological polar surface area (TPSA) is 96.6 Å². The number of aromatic amines is 2. The Morgan fingerprint density at radius 3 is 2.94 bits per heavy atom. The SMILES string of the molecule is CCOC(=O)c1nc(-c2cn[nH]c2C)n[nH]1. The monoisotopic (exact) mass is 221 g/mol. The Bertz CT molecular complexity index is 501. The summed E-state index contributed by atoms with van der Waals surface area (Å²) in [5.74, 6) is 0.00847. The van der Waals surface area contributed by atoms with Crippen molar-refractivity contribution in [3.05, 3.63) is 17.7 Å². The number of nitrogens with zero attached hydrogens (tertiary/aromatic N) is 3. The minimum Gasteiger partial charge on any atom is -0.460 e. The summed E-state index contributed by atoms with van der Waals surface area (Å²) in [6, 6.07) is 0. The molecule has 0 aliphatic carbocycles. The number of rotatable bonds is 3. The first kappa shape index (κ1) is 10.3. The summed E-state index contributed by atoms with van der Waals surface area (Å²) in [6.07, 6.45) is 1.60. The number of H-pyrrole nitrogens is 2. The second kappa shape index (κ2) is 4.13. The van der Waals surface area contributed by atoms with E-state index in [0.717, 1.165) is 11.3 Å². The van der Waals surface area contributed by atoms with Crippen molar-refractivity contribution in [2.24, 2.45) is 0 Å². The van der Waals surface area contributed by atoms with Crippen LogP contribution in [0.1, 0.15) is 23.2 Å². The molecule has 2 rings (SSSR count). The number of esters is 1. The van der Waals surface area contributed by atoms with Gasteiger partial charge < -0.3 is 4.74 Å². The molecule has 2 N–H and O–H groups in total. The van der Waals surface area contributed by atoms with E-state index in [1.807, 2.05) is 6.92 Å². The van der Waals surface area contributed by atoms with Gasteiger partial charge in [-0.25, -0.2) is 9.78 Å². The number of hydrogen-bond acceptors (Lipinski definition) is 5. The van der Waals surface area contributed by atoms with Crippen LogP contribution in [0.25, 0.3) is 11.4 Å². The molecule has 0 aromatic carbocycles. The van der Waals surface area contributed by atoms with Gasteiger partial charge in [-0.15, -0.1) is 0 Å². The summed E-state index contributed by atoms with van der Waals surface area (Å²) in [6.45, 7) is 3.89. The molecule has 0 aliphatic rings. The molecule has 0 atom stereocenters. The van der Waals surface area contributed by atoms with E-state index in [9.17, 15) is 4.79 Å². The summed E-state index contributed by atoms with van der Waals surface area (Å²) in [5, 5.41) is 13.1. The highest BCUT2D eigenvalue weighted by atomic mass is 16.5. The van der Waals surface area contributed by atoms with Crippen LogP contribution in [0.5, 0.6) is 0 Å². The summed E-state index contributed by atoms with van der Waals surface area (Å²) < 4.78 is 4.79. The van der Waals surface area contributed by atoms with Crippen LogP contribution in [0.15, 0.2) is 6.20 Å². The summed E-state index contributed by atoms with van der Waals surface area (Å²) in [5.41, 5.74) is 1.60. The van der Waals surface area contributed by atoms with E-state index < -0.39 is 5.97 Å². The molecule has 0 saturated heterocycles. The normalized spacial score (nSPS) is 10.4. The summed E-state index contributed by atoms with van der Waals surface area (Å²) in [7, 11) is 0. The molecule has 2 aromatic heterocycles. The molecule has 0 radical (unpaired) electrons. The van der Waals surface area contributed by atoms with E-state index in [2.05, 4.69) is 25.4 Å². The maximum absolute atomic E-state index is 11.3. The van der Waals surface area contributed by atoms with Crippen LogP contribution in [0, 0.1) is 6.92 Å². The number of aryl methyl sites for hydroxylation is 1. The van der Waals surface area contributed by atoms with Crippen LogP contribution in [0.4, 0.5) is 0 Å². The van der Waals surface area contributed by atoms with E-state index >= 15 is 0 Å². The number of aromatic nitrogens is 5. The fourth-order valence-corrected chi connectivity index (χ4v) is 1.25. The van der Waals surface area contributed by atoms with Crippen LogP contribution in [-0.4, -0.2) is 38.0 Å². The van der Waals surface area contributed by atoms with Gasteiger partial charge in [0.15, 0.2) is 5.82 Å².